The molecule has 6 nitrogen and oxygen atoms in total. The lowest BCUT2D eigenvalue weighted by atomic mass is 10.00. The Morgan fingerprint density at radius 1 is 1.53 bits per heavy atom. The molecule has 1 aliphatic heterocycles. The van der Waals surface area contributed by atoms with Crippen LogP contribution in [-0.4, -0.2) is 23.0 Å². The molecule has 1 aliphatic rings. The van der Waals surface area contributed by atoms with Gasteiger partial charge in [0, 0.05) is 5.56 Å². The highest BCUT2D eigenvalue weighted by molar-refractivity contribution is 5.88. The molecule has 0 unspecified atom stereocenters. The van der Waals surface area contributed by atoms with Crippen LogP contribution in [0.4, 0.5) is 4.79 Å². The lowest BCUT2D eigenvalue weighted by molar-refractivity contribution is 0.158. The van der Waals surface area contributed by atoms with Crippen molar-refractivity contribution in [3.05, 3.63) is 29.3 Å². The van der Waals surface area contributed by atoms with Gasteiger partial charge in [0.2, 0.25) is 0 Å². The molecule has 4 N–H and O–H groups in total. The number of phenolic OH excluding ortho intramolecular Hbond substituents is 1. The molecule has 100 valence electrons. The highest BCUT2D eigenvalue weighted by Gasteiger charge is 2.23. The van der Waals surface area contributed by atoms with Gasteiger partial charge < -0.3 is 15.6 Å². The molecule has 2 amide bonds. The highest BCUT2D eigenvalue weighted by atomic mass is 16.5. The molecule has 0 atom stereocenters. The van der Waals surface area contributed by atoms with E-state index < -0.39 is 11.6 Å². The Labute approximate surface area is 110 Å². The number of nitrogens with two attached hydrogens (primary N) is 1. The molecular weight excluding hydrogens is 246 g/mol. The first kappa shape index (κ1) is 12.9. The number of nitrogens with one attached hydrogen (secondary N) is 1. The summed E-state index contributed by atoms with van der Waals surface area (Å²) in [6, 6.07) is 2.63. The van der Waals surface area contributed by atoms with Crippen molar-refractivity contribution in [1.29, 1.82) is 0 Å². The average Bonchev–Trinajstić information content (AvgIpc) is 2.30. The van der Waals surface area contributed by atoms with E-state index in [2.05, 4.69) is 10.5 Å². The molecule has 1 aromatic carbocycles. The molecule has 0 saturated heterocycles. The van der Waals surface area contributed by atoms with E-state index in [0.717, 1.165) is 0 Å². The number of phenols is 1. The van der Waals surface area contributed by atoms with Crippen molar-refractivity contribution in [2.75, 3.05) is 0 Å². The molecule has 0 fully saturated rings. The minimum absolute atomic E-state index is 0.0410. The number of hydrogen-bond acceptors (Lipinski definition) is 4. The Hall–Kier alpha value is -2.50. The molecule has 0 spiro atoms. The first-order valence-electron chi connectivity index (χ1n) is 5.72. The van der Waals surface area contributed by atoms with Crippen molar-refractivity contribution in [1.82, 2.24) is 5.43 Å². The Balaban J connectivity index is 2.31. The van der Waals surface area contributed by atoms with E-state index in [9.17, 15) is 9.90 Å². The van der Waals surface area contributed by atoms with Crippen LogP contribution in [0.15, 0.2) is 23.3 Å². The van der Waals surface area contributed by atoms with Crippen LogP contribution >= 0.6 is 0 Å². The number of hydrazone groups is 1. The van der Waals surface area contributed by atoms with E-state index in [4.69, 9.17) is 10.5 Å². The number of rotatable bonds is 2. The van der Waals surface area contributed by atoms with Gasteiger partial charge in [0.25, 0.3) is 0 Å². The van der Waals surface area contributed by atoms with Gasteiger partial charge in [-0.2, -0.15) is 5.10 Å². The molecule has 0 saturated carbocycles. The summed E-state index contributed by atoms with van der Waals surface area (Å²) in [5.74, 6) is 0.643. The molecular formula is C13H15N3O3. The van der Waals surface area contributed by atoms with Gasteiger partial charge in [-0.25, -0.2) is 10.2 Å². The summed E-state index contributed by atoms with van der Waals surface area (Å²) in [7, 11) is 0. The predicted molar refractivity (Wildman–Crippen MR) is 72.2 cm³/mol. The summed E-state index contributed by atoms with van der Waals surface area (Å²) in [4.78, 5) is 10.5. The van der Waals surface area contributed by atoms with Crippen molar-refractivity contribution in [3.8, 4) is 11.5 Å². The highest BCUT2D eigenvalue weighted by Crippen LogP contribution is 2.37. The Kier molecular flexibility index (Phi) is 3.16. The number of amides is 2. The molecule has 0 radical (unpaired) electrons. The van der Waals surface area contributed by atoms with Gasteiger partial charge in [-0.1, -0.05) is 0 Å². The van der Waals surface area contributed by atoms with E-state index >= 15 is 0 Å². The second kappa shape index (κ2) is 4.64. The van der Waals surface area contributed by atoms with E-state index in [-0.39, 0.29) is 5.75 Å². The number of hydrogen-bond donors (Lipinski definition) is 3. The van der Waals surface area contributed by atoms with Crippen LogP contribution in [0.1, 0.15) is 25.0 Å². The number of fused-ring (bicyclic) bond motifs is 1. The largest absolute Gasteiger partial charge is 0.506 e. The Morgan fingerprint density at radius 2 is 2.26 bits per heavy atom. The minimum atomic E-state index is -0.765. The Bertz CT molecular complexity index is 577. The summed E-state index contributed by atoms with van der Waals surface area (Å²) in [5.41, 5.74) is 7.58. The lowest BCUT2D eigenvalue weighted by Crippen LogP contribution is -2.27. The zero-order valence-corrected chi connectivity index (χ0v) is 10.7. The maximum atomic E-state index is 10.5. The van der Waals surface area contributed by atoms with Gasteiger partial charge >= 0.3 is 6.03 Å². The third kappa shape index (κ3) is 2.85. The van der Waals surface area contributed by atoms with E-state index in [1.807, 2.05) is 19.9 Å². The monoisotopic (exact) mass is 261 g/mol. The topological polar surface area (TPSA) is 96.9 Å². The fourth-order valence-electron chi connectivity index (χ4n) is 1.73. The van der Waals surface area contributed by atoms with Crippen molar-refractivity contribution in [2.45, 2.75) is 19.4 Å². The second-order valence-electron chi connectivity index (χ2n) is 4.69. The van der Waals surface area contributed by atoms with Crippen LogP contribution in [0.25, 0.3) is 6.08 Å². The smallest absolute Gasteiger partial charge is 0.332 e. The van der Waals surface area contributed by atoms with E-state index in [0.29, 0.717) is 16.9 Å². The summed E-state index contributed by atoms with van der Waals surface area (Å²) in [6.07, 6.45) is 4.97. The summed E-state index contributed by atoms with van der Waals surface area (Å²) in [6.45, 7) is 3.85. The number of benzene rings is 1. The quantitative estimate of drug-likeness (QED) is 0.557. The number of carbonyl (C=O) groups is 1. The van der Waals surface area contributed by atoms with Crippen molar-refractivity contribution < 1.29 is 14.6 Å². The van der Waals surface area contributed by atoms with E-state index in [1.165, 1.54) is 6.21 Å². The van der Waals surface area contributed by atoms with Crippen molar-refractivity contribution in [2.24, 2.45) is 10.8 Å². The number of carbonyl (C=O) groups excluding carboxylic acids is 1. The molecule has 0 aliphatic carbocycles. The predicted octanol–water partition coefficient (Wildman–Crippen LogP) is 1.58. The summed E-state index contributed by atoms with van der Waals surface area (Å²) < 4.78 is 5.72. The number of nitrogens with zero attached hydrogens (tertiary/aromatic N) is 1. The normalized spacial score (nSPS) is 15.9. The fourth-order valence-corrected chi connectivity index (χ4v) is 1.73. The Morgan fingerprint density at radius 3 is 2.95 bits per heavy atom. The van der Waals surface area contributed by atoms with Crippen LogP contribution in [0.5, 0.6) is 11.5 Å². The maximum Gasteiger partial charge on any atom is 0.332 e. The fraction of sp³-hybridized carbons (Fsp3) is 0.231. The number of primary amides is 1. The number of ether oxygens (including phenoxy) is 1. The summed E-state index contributed by atoms with van der Waals surface area (Å²) >= 11 is 0. The molecule has 1 aromatic rings. The molecule has 6 heteroatoms. The second-order valence-corrected chi connectivity index (χ2v) is 4.69. The molecule has 0 bridgehead atoms. The molecule has 0 aromatic heterocycles. The first-order chi connectivity index (χ1) is 8.89. The molecule has 1 heterocycles. The molecule has 2 rings (SSSR count). The lowest BCUT2D eigenvalue weighted by Gasteiger charge is -2.28. The van der Waals surface area contributed by atoms with Gasteiger partial charge in [-0.15, -0.1) is 0 Å². The zero-order chi connectivity index (χ0) is 14.0. The third-order valence-corrected chi connectivity index (χ3v) is 2.61. The van der Waals surface area contributed by atoms with Crippen LogP contribution in [0, 0.1) is 0 Å². The number of aromatic hydroxyl groups is 1. The van der Waals surface area contributed by atoms with Crippen LogP contribution in [-0.2, 0) is 0 Å². The van der Waals surface area contributed by atoms with Gasteiger partial charge in [-0.05, 0) is 38.1 Å². The molecule has 19 heavy (non-hydrogen) atoms. The minimum Gasteiger partial charge on any atom is -0.506 e. The van der Waals surface area contributed by atoms with Crippen LogP contribution < -0.4 is 15.9 Å². The third-order valence-electron chi connectivity index (χ3n) is 2.61. The van der Waals surface area contributed by atoms with Gasteiger partial charge in [0.15, 0.2) is 0 Å². The average molecular weight is 261 g/mol. The van der Waals surface area contributed by atoms with E-state index in [1.54, 1.807) is 18.2 Å². The maximum absolute atomic E-state index is 10.5. The van der Waals surface area contributed by atoms with Gasteiger partial charge in [0.05, 0.1) is 11.8 Å². The van der Waals surface area contributed by atoms with Gasteiger partial charge in [0.1, 0.15) is 17.1 Å². The van der Waals surface area contributed by atoms with Gasteiger partial charge in [-0.3, -0.25) is 0 Å². The van der Waals surface area contributed by atoms with Crippen molar-refractivity contribution >= 4 is 18.3 Å². The standard InChI is InChI=1S/C13H15N3O3/c1-13(2)6-5-9-10(19-13)4-3-8(11(9)17)7-15-16-12(14)18/h3-7,17H,1-2H3,(H3,14,16,18)/b15-7+. The number of urea groups is 1. The van der Waals surface area contributed by atoms with Crippen LogP contribution in [0.3, 0.4) is 0 Å². The zero-order valence-electron chi connectivity index (χ0n) is 10.7. The first-order valence-corrected chi connectivity index (χ1v) is 5.72. The van der Waals surface area contributed by atoms with Crippen LogP contribution in [0.2, 0.25) is 0 Å². The van der Waals surface area contributed by atoms with Crippen molar-refractivity contribution in [3.63, 3.8) is 0 Å². The SMILES string of the molecule is CC1(C)C=Cc2c(ccc(/C=N/NC(N)=O)c2O)O1. The summed E-state index contributed by atoms with van der Waals surface area (Å²) in [5, 5.41) is 13.7.